The molecule has 5 rings (SSSR count). The third-order valence-corrected chi connectivity index (χ3v) is 7.00. The summed E-state index contributed by atoms with van der Waals surface area (Å²) in [5.74, 6) is -2.05. The third-order valence-electron chi connectivity index (χ3n) is 6.64. The zero-order valence-electron chi connectivity index (χ0n) is 19.1. The van der Waals surface area contributed by atoms with E-state index in [0.29, 0.717) is 30.8 Å². The molecule has 180 valence electrons. The summed E-state index contributed by atoms with van der Waals surface area (Å²) in [5.41, 5.74) is 0.840. The Labute approximate surface area is 205 Å². The van der Waals surface area contributed by atoms with Crippen LogP contribution in [0.3, 0.4) is 0 Å². The van der Waals surface area contributed by atoms with Crippen LogP contribution in [0.15, 0.2) is 53.6 Å². The lowest BCUT2D eigenvalue weighted by Crippen LogP contribution is -2.35. The van der Waals surface area contributed by atoms with Gasteiger partial charge in [0.2, 0.25) is 5.43 Å². The number of aromatic nitrogens is 2. The van der Waals surface area contributed by atoms with E-state index in [4.69, 9.17) is 11.6 Å². The first-order valence-corrected chi connectivity index (χ1v) is 11.9. The predicted octanol–water partition coefficient (Wildman–Crippen LogP) is 5.14. The standard InChI is InChI=1S/C26H24ClFN4O3/c1-2-31-14-18(26(34)35)25(33)21-17-11-19(22(27)23(28)24(17)30-13-20(21)31)32-10-6-9-16(32)12-29-15-7-4-3-5-8-15/h3-5,7-8,11,13-14,16,29H,2,6,9-10,12H2,1H3,(H,34,35)/t16-/m0/s1. The fourth-order valence-corrected chi connectivity index (χ4v) is 5.16. The minimum absolute atomic E-state index is 0.0494. The largest absolute Gasteiger partial charge is 0.477 e. The van der Waals surface area contributed by atoms with E-state index in [0.717, 1.165) is 18.5 Å². The van der Waals surface area contributed by atoms with Crippen molar-refractivity contribution in [1.29, 1.82) is 0 Å². The third kappa shape index (κ3) is 3.97. The summed E-state index contributed by atoms with van der Waals surface area (Å²) in [4.78, 5) is 31.3. The van der Waals surface area contributed by atoms with Gasteiger partial charge in [0.05, 0.1) is 22.8 Å². The van der Waals surface area contributed by atoms with E-state index in [1.165, 1.54) is 12.4 Å². The van der Waals surface area contributed by atoms with Crippen LogP contribution in [0.1, 0.15) is 30.1 Å². The van der Waals surface area contributed by atoms with Crippen LogP contribution in [-0.4, -0.2) is 39.8 Å². The molecule has 2 N–H and O–H groups in total. The van der Waals surface area contributed by atoms with Crippen LogP contribution in [0.5, 0.6) is 0 Å². The van der Waals surface area contributed by atoms with E-state index >= 15 is 4.39 Å². The molecule has 0 spiro atoms. The highest BCUT2D eigenvalue weighted by Crippen LogP contribution is 2.39. The van der Waals surface area contributed by atoms with E-state index in [-0.39, 0.29) is 32.9 Å². The average Bonchev–Trinajstić information content (AvgIpc) is 3.33. The van der Waals surface area contributed by atoms with Gasteiger partial charge in [-0.1, -0.05) is 29.8 Å². The van der Waals surface area contributed by atoms with Gasteiger partial charge in [0.25, 0.3) is 0 Å². The van der Waals surface area contributed by atoms with Crippen LogP contribution in [0, 0.1) is 5.82 Å². The topological polar surface area (TPSA) is 87.5 Å². The maximum absolute atomic E-state index is 15.5. The highest BCUT2D eigenvalue weighted by Gasteiger charge is 2.29. The van der Waals surface area contributed by atoms with Crippen molar-refractivity contribution in [3.63, 3.8) is 0 Å². The molecule has 0 unspecified atom stereocenters. The molecule has 4 aromatic rings. The molecule has 3 heterocycles. The number of nitrogens with zero attached hydrogens (tertiary/aromatic N) is 3. The molecule has 0 aliphatic carbocycles. The number of halogens is 2. The fourth-order valence-electron chi connectivity index (χ4n) is 4.90. The van der Waals surface area contributed by atoms with Gasteiger partial charge >= 0.3 is 5.97 Å². The number of aromatic carboxylic acids is 1. The number of nitrogens with one attached hydrogen (secondary N) is 1. The van der Waals surface area contributed by atoms with Crippen LogP contribution in [0.4, 0.5) is 15.8 Å². The maximum atomic E-state index is 15.5. The first-order valence-electron chi connectivity index (χ1n) is 11.5. The molecule has 9 heteroatoms. The molecule has 1 fully saturated rings. The number of aryl methyl sites for hydroxylation is 1. The fraction of sp³-hybridized carbons (Fsp3) is 0.269. The number of carboxylic acids is 1. The van der Waals surface area contributed by atoms with E-state index in [1.807, 2.05) is 37.3 Å². The Hall–Kier alpha value is -3.65. The van der Waals surface area contributed by atoms with Gasteiger partial charge in [-0.25, -0.2) is 9.18 Å². The van der Waals surface area contributed by atoms with Crippen molar-refractivity contribution >= 4 is 50.8 Å². The molecular formula is C26H24ClFN4O3. The number of hydrogen-bond donors (Lipinski definition) is 2. The van der Waals surface area contributed by atoms with Gasteiger partial charge in [0.15, 0.2) is 5.82 Å². The Morgan fingerprint density at radius 3 is 2.80 bits per heavy atom. The summed E-state index contributed by atoms with van der Waals surface area (Å²) in [5, 5.41) is 13.4. The number of hydrogen-bond acceptors (Lipinski definition) is 5. The molecular weight excluding hydrogens is 471 g/mol. The smallest absolute Gasteiger partial charge is 0.341 e. The Morgan fingerprint density at radius 1 is 1.31 bits per heavy atom. The SMILES string of the molecule is CCn1cc(C(=O)O)c(=O)c2c3cc(N4CCC[C@H]4CNc4ccccc4)c(Cl)c(F)c3ncc21. The number of para-hydroxylation sites is 1. The van der Waals surface area contributed by atoms with Gasteiger partial charge in [-0.15, -0.1) is 0 Å². The zero-order chi connectivity index (χ0) is 24.7. The normalized spacial score (nSPS) is 15.7. The second-order valence-electron chi connectivity index (χ2n) is 8.64. The van der Waals surface area contributed by atoms with Crippen molar-refractivity contribution < 1.29 is 14.3 Å². The molecule has 7 nitrogen and oxygen atoms in total. The Kier molecular flexibility index (Phi) is 6.06. The minimum Gasteiger partial charge on any atom is -0.477 e. The van der Waals surface area contributed by atoms with E-state index in [9.17, 15) is 14.7 Å². The van der Waals surface area contributed by atoms with Crippen molar-refractivity contribution in [2.45, 2.75) is 32.4 Å². The monoisotopic (exact) mass is 494 g/mol. The maximum Gasteiger partial charge on any atom is 0.341 e. The lowest BCUT2D eigenvalue weighted by atomic mass is 10.0. The zero-order valence-corrected chi connectivity index (χ0v) is 19.8. The Balaban J connectivity index is 1.67. The van der Waals surface area contributed by atoms with Crippen LogP contribution >= 0.6 is 11.6 Å². The van der Waals surface area contributed by atoms with Gasteiger partial charge in [0, 0.05) is 42.9 Å². The van der Waals surface area contributed by atoms with Gasteiger partial charge in [-0.3, -0.25) is 9.78 Å². The second-order valence-corrected chi connectivity index (χ2v) is 9.02. The van der Waals surface area contributed by atoms with Crippen molar-refractivity contribution in [3.8, 4) is 0 Å². The molecule has 2 aromatic carbocycles. The summed E-state index contributed by atoms with van der Waals surface area (Å²) in [6.07, 6.45) is 4.52. The molecule has 1 aliphatic heterocycles. The van der Waals surface area contributed by atoms with Crippen molar-refractivity contribution in [1.82, 2.24) is 9.55 Å². The number of benzene rings is 2. The molecule has 0 radical (unpaired) electrons. The quantitative estimate of drug-likeness (QED) is 0.361. The molecule has 1 saturated heterocycles. The van der Waals surface area contributed by atoms with E-state index in [2.05, 4.69) is 15.2 Å². The van der Waals surface area contributed by atoms with E-state index in [1.54, 1.807) is 10.6 Å². The first kappa shape index (κ1) is 23.1. The molecule has 35 heavy (non-hydrogen) atoms. The summed E-state index contributed by atoms with van der Waals surface area (Å²) < 4.78 is 17.2. The summed E-state index contributed by atoms with van der Waals surface area (Å²) >= 11 is 6.51. The predicted molar refractivity (Wildman–Crippen MR) is 136 cm³/mol. The average molecular weight is 495 g/mol. The lowest BCUT2D eigenvalue weighted by Gasteiger charge is -2.29. The molecule has 1 aliphatic rings. The van der Waals surface area contributed by atoms with Crippen molar-refractivity contribution in [3.05, 3.63) is 75.4 Å². The van der Waals surface area contributed by atoms with E-state index < -0.39 is 17.2 Å². The summed E-state index contributed by atoms with van der Waals surface area (Å²) in [6.45, 7) is 3.58. The van der Waals surface area contributed by atoms with Crippen molar-refractivity contribution in [2.75, 3.05) is 23.3 Å². The Morgan fingerprint density at radius 2 is 2.09 bits per heavy atom. The number of anilines is 2. The van der Waals surface area contributed by atoms with Gasteiger partial charge < -0.3 is 19.9 Å². The number of rotatable bonds is 6. The first-order chi connectivity index (χ1) is 16.9. The number of carbonyl (C=O) groups is 1. The minimum atomic E-state index is -1.33. The number of fused-ring (bicyclic) bond motifs is 3. The van der Waals surface area contributed by atoms with Crippen LogP contribution in [-0.2, 0) is 6.54 Å². The molecule has 1 atom stereocenters. The highest BCUT2D eigenvalue weighted by molar-refractivity contribution is 6.34. The second kappa shape index (κ2) is 9.19. The van der Waals surface area contributed by atoms with Crippen LogP contribution in [0.2, 0.25) is 5.02 Å². The van der Waals surface area contributed by atoms with Gasteiger partial charge in [-0.2, -0.15) is 0 Å². The summed E-state index contributed by atoms with van der Waals surface area (Å²) in [6, 6.07) is 11.6. The molecule has 2 aromatic heterocycles. The Bertz CT molecular complexity index is 1510. The van der Waals surface area contributed by atoms with Gasteiger partial charge in [0.1, 0.15) is 16.1 Å². The highest BCUT2D eigenvalue weighted by atomic mass is 35.5. The van der Waals surface area contributed by atoms with Crippen molar-refractivity contribution in [2.24, 2.45) is 0 Å². The van der Waals surface area contributed by atoms with Crippen LogP contribution in [0.25, 0.3) is 21.8 Å². The number of pyridine rings is 2. The molecule has 0 saturated carbocycles. The van der Waals surface area contributed by atoms with Gasteiger partial charge in [-0.05, 0) is 38.0 Å². The van der Waals surface area contributed by atoms with Crippen LogP contribution < -0.4 is 15.6 Å². The molecule has 0 amide bonds. The summed E-state index contributed by atoms with van der Waals surface area (Å²) in [7, 11) is 0. The molecule has 0 bridgehead atoms. The lowest BCUT2D eigenvalue weighted by molar-refractivity contribution is 0.0695. The number of carboxylic acid groups (broad SMARTS) is 1.